The van der Waals surface area contributed by atoms with Crippen molar-refractivity contribution >= 4 is 76.9 Å². The normalized spacial score (nSPS) is 22.3. The number of carbonyl (C=O) groups is 12. The third-order valence-corrected chi connectivity index (χ3v) is 15.6. The van der Waals surface area contributed by atoms with Gasteiger partial charge in [-0.15, -0.1) is 0 Å². The first-order chi connectivity index (χ1) is 39.1. The van der Waals surface area contributed by atoms with Gasteiger partial charge >= 0.3 is 5.97 Å². The maximum Gasteiger partial charge on any atom is 0.328 e. The van der Waals surface area contributed by atoms with E-state index in [2.05, 4.69) is 36.9 Å². The van der Waals surface area contributed by atoms with E-state index in [9.17, 15) is 78.0 Å². The summed E-state index contributed by atoms with van der Waals surface area (Å²) >= 11 is 0. The van der Waals surface area contributed by atoms with E-state index < -0.39 is 174 Å². The third kappa shape index (κ3) is 18.1. The zero-order valence-corrected chi connectivity index (χ0v) is 48.1. The van der Waals surface area contributed by atoms with E-state index in [-0.39, 0.29) is 83.6 Å². The van der Waals surface area contributed by atoms with E-state index in [4.69, 9.17) is 22.9 Å². The molecule has 4 aliphatic rings. The summed E-state index contributed by atoms with van der Waals surface area (Å²) in [6.07, 6.45) is -1.10. The average Bonchev–Trinajstić information content (AvgIpc) is 4.50. The van der Waals surface area contributed by atoms with Crippen molar-refractivity contribution in [3.63, 3.8) is 0 Å². The minimum absolute atomic E-state index is 0.00148. The molecular weight excluding hydrogens is 1090 g/mol. The van der Waals surface area contributed by atoms with Crippen LogP contribution in [0.15, 0.2) is 4.99 Å². The number of hydrogen-bond acceptors (Lipinski definition) is 17. The summed E-state index contributed by atoms with van der Waals surface area (Å²) < 4.78 is 0. The highest BCUT2D eigenvalue weighted by molar-refractivity contribution is 6.00. The van der Waals surface area contributed by atoms with Crippen molar-refractivity contribution in [3.05, 3.63) is 0 Å². The summed E-state index contributed by atoms with van der Waals surface area (Å²) in [4.78, 5) is 171. The number of nitrogens with zero attached hydrogens (tertiary/aromatic N) is 5. The van der Waals surface area contributed by atoms with E-state index >= 15 is 0 Å². The highest BCUT2D eigenvalue weighted by Gasteiger charge is 2.48. The van der Waals surface area contributed by atoms with Gasteiger partial charge in [-0.05, 0) is 89.9 Å². The summed E-state index contributed by atoms with van der Waals surface area (Å²) in [5.74, 6) is -11.5. The largest absolute Gasteiger partial charge is 0.480 e. The first kappa shape index (κ1) is 68.3. The molecule has 0 radical (unpaired) electrons. The van der Waals surface area contributed by atoms with Crippen molar-refractivity contribution in [3.8, 4) is 0 Å². The molecule has 4 aliphatic heterocycles. The number of aliphatic imine (C=N–C) groups is 1. The number of aliphatic hydroxyl groups is 3. The van der Waals surface area contributed by atoms with Crippen molar-refractivity contribution in [2.75, 3.05) is 39.3 Å². The second kappa shape index (κ2) is 31.4. The maximum absolute atomic E-state index is 14.5. The molecule has 0 spiro atoms. The Hall–Kier alpha value is -7.25. The molecule has 83 heavy (non-hydrogen) atoms. The molecular formula is C52H87N15O16. The lowest BCUT2D eigenvalue weighted by Crippen LogP contribution is -2.63. The van der Waals surface area contributed by atoms with Gasteiger partial charge in [-0.3, -0.25) is 57.7 Å². The van der Waals surface area contributed by atoms with Gasteiger partial charge in [0, 0.05) is 32.7 Å². The van der Waals surface area contributed by atoms with E-state index in [1.54, 1.807) is 27.7 Å². The number of aliphatic carboxylic acids is 1. The first-order valence-corrected chi connectivity index (χ1v) is 28.4. The van der Waals surface area contributed by atoms with Crippen LogP contribution in [0, 0.1) is 11.8 Å². The number of hydrogen-bond donors (Lipinski definition) is 14. The molecule has 4 heterocycles. The summed E-state index contributed by atoms with van der Waals surface area (Å²) in [6, 6.07) is -14.7. The van der Waals surface area contributed by atoms with Crippen LogP contribution in [0.25, 0.3) is 0 Å². The molecule has 0 saturated carbocycles. The van der Waals surface area contributed by atoms with Gasteiger partial charge in [0.15, 0.2) is 5.96 Å². The lowest BCUT2D eigenvalue weighted by Gasteiger charge is -2.35. The topological polar surface area (TPSA) is 487 Å². The number of nitrogens with one attached hydrogen (secondary N) is 6. The SMILES string of the molecule is CC[C@H](C)[C@H](NC(=O)[C@@H](N)CC(N)=O)C(=O)N[C@H](C(=O)N[C@H](C(=O)N1CCC[C@H]1C(=O)N[C@@H](CCCN=C(N)N)C(=O)N[C@H](C(=O)N1CCC[C@H]1C(=O)N1CCC[C@H]1C(=O)N1CCC[C@H]1C(=O)N[C@@H](CO)C(=O)O)[C@@H](C)O)[C@@H](C)O)C(C)C. The van der Waals surface area contributed by atoms with Gasteiger partial charge in [0.1, 0.15) is 60.4 Å². The van der Waals surface area contributed by atoms with Crippen LogP contribution in [-0.2, 0) is 57.5 Å². The van der Waals surface area contributed by atoms with E-state index in [1.807, 2.05) is 0 Å². The van der Waals surface area contributed by atoms with E-state index in [1.165, 1.54) is 28.5 Å². The minimum Gasteiger partial charge on any atom is -0.480 e. The molecule has 4 saturated heterocycles. The van der Waals surface area contributed by atoms with Crippen molar-refractivity contribution in [2.45, 2.75) is 197 Å². The number of amides is 11. The number of carboxylic acid groups (broad SMARTS) is 1. The standard InChI is InChI=1S/C52H87N15O16/c1-7-26(4)38(61-41(72)29(53)23-36(54)71)46(77)60-37(25(2)3)45(76)63-40(28(6)70)49(80)65-20-10-15-33(65)43(74)58-30(13-8-18-57-52(55)56)42(73)62-39(27(5)69)50(81)67-22-12-17-35(67)48(79)66-21-11-16-34(66)47(78)64-19-9-14-32(64)44(75)59-31(24-68)51(82)83/h25-35,37-40,68-70H,7-24,53H2,1-6H3,(H2,54,71)(H,58,74)(H,59,75)(H,60,77)(H,61,72)(H,62,73)(H,63,76)(H,82,83)(H4,55,56,57)/t26-,27+,28+,29-,30-,31-,32-,33-,34-,35-,37-,38-,39-,40-/m0/s1. The molecule has 466 valence electrons. The summed E-state index contributed by atoms with van der Waals surface area (Å²) in [5, 5.41) is 55.9. The Kier molecular flexibility index (Phi) is 25.8. The minimum atomic E-state index is -1.67. The summed E-state index contributed by atoms with van der Waals surface area (Å²) in [7, 11) is 0. The second-order valence-corrected chi connectivity index (χ2v) is 22.2. The fourth-order valence-corrected chi connectivity index (χ4v) is 10.7. The molecule has 0 bridgehead atoms. The number of aliphatic hydroxyl groups excluding tert-OH is 3. The van der Waals surface area contributed by atoms with Gasteiger partial charge < -0.3 is 94.9 Å². The molecule has 14 atom stereocenters. The number of likely N-dealkylation sites (tertiary alicyclic amines) is 4. The highest BCUT2D eigenvalue weighted by atomic mass is 16.4. The number of primary amides is 1. The molecule has 0 aromatic rings. The van der Waals surface area contributed by atoms with Crippen molar-refractivity contribution in [1.29, 1.82) is 0 Å². The summed E-state index contributed by atoms with van der Waals surface area (Å²) in [6.45, 7) is 8.55. The predicted octanol–water partition coefficient (Wildman–Crippen LogP) is -6.34. The molecule has 31 heteroatoms. The number of nitrogens with two attached hydrogens (primary N) is 4. The fourth-order valence-electron chi connectivity index (χ4n) is 10.7. The lowest BCUT2D eigenvalue weighted by molar-refractivity contribution is -0.152. The van der Waals surface area contributed by atoms with Gasteiger partial charge in [0.25, 0.3) is 0 Å². The molecule has 18 N–H and O–H groups in total. The molecule has 4 rings (SSSR count). The van der Waals surface area contributed by atoms with Gasteiger partial charge in [0.2, 0.25) is 65.0 Å². The van der Waals surface area contributed by atoms with Crippen LogP contribution in [0.5, 0.6) is 0 Å². The third-order valence-electron chi connectivity index (χ3n) is 15.6. The van der Waals surface area contributed by atoms with Crippen LogP contribution in [0.3, 0.4) is 0 Å². The number of carbonyl (C=O) groups excluding carboxylic acids is 11. The Labute approximate surface area is 481 Å². The molecule has 0 aliphatic carbocycles. The number of carboxylic acids is 1. The van der Waals surface area contributed by atoms with Crippen molar-refractivity contribution in [1.82, 2.24) is 51.5 Å². The Bertz CT molecular complexity index is 2410. The quantitative estimate of drug-likeness (QED) is 0.0188. The van der Waals surface area contributed by atoms with Gasteiger partial charge in [-0.2, -0.15) is 0 Å². The molecule has 11 amide bonds. The molecule has 4 fully saturated rings. The van der Waals surface area contributed by atoms with Crippen LogP contribution in [0.4, 0.5) is 0 Å². The van der Waals surface area contributed by atoms with Gasteiger partial charge in [-0.25, -0.2) is 4.79 Å². The van der Waals surface area contributed by atoms with E-state index in [0.717, 1.165) is 4.90 Å². The van der Waals surface area contributed by atoms with Crippen LogP contribution in [0.2, 0.25) is 0 Å². The second-order valence-electron chi connectivity index (χ2n) is 22.2. The van der Waals surface area contributed by atoms with Gasteiger partial charge in [-0.1, -0.05) is 34.1 Å². The average molecular weight is 1180 g/mol. The number of guanidine groups is 1. The Morgan fingerprint density at radius 2 is 0.964 bits per heavy atom. The predicted molar refractivity (Wildman–Crippen MR) is 295 cm³/mol. The summed E-state index contributed by atoms with van der Waals surface area (Å²) in [5.41, 5.74) is 22.0. The maximum atomic E-state index is 14.5. The molecule has 31 nitrogen and oxygen atoms in total. The Morgan fingerprint density at radius 3 is 1.42 bits per heavy atom. The van der Waals surface area contributed by atoms with Crippen LogP contribution < -0.4 is 54.8 Å². The molecule has 0 aromatic carbocycles. The zero-order chi connectivity index (χ0) is 62.2. The van der Waals surface area contributed by atoms with Crippen LogP contribution in [-0.4, -0.2) is 235 Å². The molecule has 0 unspecified atom stereocenters. The zero-order valence-electron chi connectivity index (χ0n) is 48.1. The fraction of sp³-hybridized carbons (Fsp3) is 0.750. The smallest absolute Gasteiger partial charge is 0.328 e. The monoisotopic (exact) mass is 1180 g/mol. The Morgan fingerprint density at radius 1 is 0.554 bits per heavy atom. The highest BCUT2D eigenvalue weighted by Crippen LogP contribution is 2.29. The van der Waals surface area contributed by atoms with Crippen LogP contribution >= 0.6 is 0 Å². The van der Waals surface area contributed by atoms with Crippen molar-refractivity contribution < 1.29 is 78.0 Å². The van der Waals surface area contributed by atoms with Crippen molar-refractivity contribution in [2.24, 2.45) is 39.8 Å². The van der Waals surface area contributed by atoms with Crippen LogP contribution in [0.1, 0.15) is 119 Å². The van der Waals surface area contributed by atoms with Gasteiger partial charge in [0.05, 0.1) is 31.3 Å². The van der Waals surface area contributed by atoms with E-state index in [0.29, 0.717) is 25.7 Å². The Balaban J connectivity index is 1.50. The first-order valence-electron chi connectivity index (χ1n) is 28.4. The molecule has 0 aromatic heterocycles. The lowest BCUT2D eigenvalue weighted by atomic mass is 9.95. The number of rotatable bonds is 29.